The van der Waals surface area contributed by atoms with Crippen molar-refractivity contribution in [1.29, 1.82) is 0 Å². The predicted octanol–water partition coefficient (Wildman–Crippen LogP) is 3.27. The predicted molar refractivity (Wildman–Crippen MR) is 65.4 cm³/mol. The number of anilines is 1. The van der Waals surface area contributed by atoms with Crippen molar-refractivity contribution in [2.45, 2.75) is 26.8 Å². The first-order valence-corrected chi connectivity index (χ1v) is 5.92. The maximum atomic E-state index is 4.28. The first-order chi connectivity index (χ1) is 7.18. The Labute approximate surface area is 93.5 Å². The number of aromatic amines is 1. The van der Waals surface area contributed by atoms with Crippen LogP contribution in [0.2, 0.25) is 0 Å². The van der Waals surface area contributed by atoms with Gasteiger partial charge in [-0.3, -0.25) is 5.10 Å². The van der Waals surface area contributed by atoms with Gasteiger partial charge >= 0.3 is 0 Å². The maximum Gasteiger partial charge on any atom is 0.151 e. The highest BCUT2D eigenvalue weighted by Gasteiger charge is 2.11. The van der Waals surface area contributed by atoms with Crippen LogP contribution in [0.25, 0.3) is 10.6 Å². The summed E-state index contributed by atoms with van der Waals surface area (Å²) in [5.74, 6) is 0.952. The third kappa shape index (κ3) is 2.04. The summed E-state index contributed by atoms with van der Waals surface area (Å²) in [5.41, 5.74) is 2.30. The van der Waals surface area contributed by atoms with E-state index in [1.165, 1.54) is 10.4 Å². The Hall–Kier alpha value is -1.29. The molecule has 2 aromatic rings. The maximum absolute atomic E-state index is 4.28. The van der Waals surface area contributed by atoms with Gasteiger partial charge in [0.15, 0.2) is 5.82 Å². The molecule has 0 aromatic carbocycles. The summed E-state index contributed by atoms with van der Waals surface area (Å²) < 4.78 is 0. The Kier molecular flexibility index (Phi) is 2.77. The van der Waals surface area contributed by atoms with Gasteiger partial charge in [-0.15, -0.1) is 11.3 Å². The normalized spacial score (nSPS) is 10.9. The zero-order valence-corrected chi connectivity index (χ0v) is 9.98. The molecule has 0 saturated heterocycles. The molecule has 0 aliphatic carbocycles. The van der Waals surface area contributed by atoms with E-state index in [1.807, 2.05) is 0 Å². The van der Waals surface area contributed by atoms with Crippen molar-refractivity contribution in [2.24, 2.45) is 0 Å². The van der Waals surface area contributed by atoms with Gasteiger partial charge in [-0.05, 0) is 32.2 Å². The Morgan fingerprint density at radius 2 is 2.27 bits per heavy atom. The third-order valence-electron chi connectivity index (χ3n) is 2.20. The molecule has 0 bridgehead atoms. The van der Waals surface area contributed by atoms with Gasteiger partial charge in [0.2, 0.25) is 0 Å². The number of aromatic nitrogens is 2. The number of nitrogens with one attached hydrogen (secondary N) is 2. The minimum atomic E-state index is 0.406. The summed E-state index contributed by atoms with van der Waals surface area (Å²) in [6.45, 7) is 6.31. The summed E-state index contributed by atoms with van der Waals surface area (Å²) in [6, 6.07) is 4.56. The third-order valence-corrected chi connectivity index (χ3v) is 3.09. The number of hydrogen-bond donors (Lipinski definition) is 2. The molecule has 0 fully saturated rings. The number of thiophene rings is 1. The molecule has 2 N–H and O–H groups in total. The molecule has 0 amide bonds. The first kappa shape index (κ1) is 10.2. The number of hydrogen-bond acceptors (Lipinski definition) is 3. The van der Waals surface area contributed by atoms with Crippen LogP contribution in [0.3, 0.4) is 0 Å². The second-order valence-corrected chi connectivity index (χ2v) is 4.80. The molecular formula is C11H15N3S. The molecule has 2 rings (SSSR count). The summed E-state index contributed by atoms with van der Waals surface area (Å²) in [4.78, 5) is 1.23. The molecule has 0 spiro atoms. The summed E-state index contributed by atoms with van der Waals surface area (Å²) in [5, 5.41) is 12.8. The van der Waals surface area contributed by atoms with Crippen molar-refractivity contribution >= 4 is 17.2 Å². The lowest BCUT2D eigenvalue weighted by Gasteiger charge is -2.06. The Morgan fingerprint density at radius 3 is 2.87 bits per heavy atom. The van der Waals surface area contributed by atoms with Crippen molar-refractivity contribution in [3.8, 4) is 10.6 Å². The van der Waals surface area contributed by atoms with E-state index in [0.29, 0.717) is 6.04 Å². The van der Waals surface area contributed by atoms with E-state index in [0.717, 1.165) is 11.5 Å². The van der Waals surface area contributed by atoms with Gasteiger partial charge < -0.3 is 5.32 Å². The second-order valence-electron chi connectivity index (χ2n) is 3.85. The molecule has 0 saturated carbocycles. The smallest absolute Gasteiger partial charge is 0.151 e. The van der Waals surface area contributed by atoms with E-state index in [1.54, 1.807) is 11.3 Å². The van der Waals surface area contributed by atoms with Gasteiger partial charge in [0.05, 0.1) is 10.6 Å². The monoisotopic (exact) mass is 221 g/mol. The molecular weight excluding hydrogens is 206 g/mol. The lowest BCUT2D eigenvalue weighted by atomic mass is 10.2. The number of H-pyrrole nitrogens is 1. The van der Waals surface area contributed by atoms with Gasteiger partial charge in [-0.2, -0.15) is 5.10 Å². The highest BCUT2D eigenvalue weighted by atomic mass is 32.1. The fraction of sp³-hybridized carbons (Fsp3) is 0.364. The zero-order valence-electron chi connectivity index (χ0n) is 9.16. The Bertz CT molecular complexity index is 429. The lowest BCUT2D eigenvalue weighted by molar-refractivity contribution is 0.882. The van der Waals surface area contributed by atoms with Crippen molar-refractivity contribution in [2.75, 3.05) is 5.32 Å². The standard InChI is InChI=1S/C11H15N3S/c1-7(2)12-11-8(3)10(13-14-11)9-5-4-6-15-9/h4-7H,1-3H3,(H2,12,13,14). The first-order valence-electron chi connectivity index (χ1n) is 5.04. The van der Waals surface area contributed by atoms with Crippen molar-refractivity contribution < 1.29 is 0 Å². The topological polar surface area (TPSA) is 40.7 Å². The van der Waals surface area contributed by atoms with Gasteiger partial charge in [0.1, 0.15) is 0 Å². The number of rotatable bonds is 3. The molecule has 2 aromatic heterocycles. The average Bonchev–Trinajstić information content (AvgIpc) is 2.76. The quantitative estimate of drug-likeness (QED) is 0.835. The highest BCUT2D eigenvalue weighted by molar-refractivity contribution is 7.13. The van der Waals surface area contributed by atoms with Crippen LogP contribution in [0, 0.1) is 6.92 Å². The SMILES string of the molecule is Cc1c(NC(C)C)n[nH]c1-c1cccs1. The molecule has 0 aliphatic rings. The van der Waals surface area contributed by atoms with E-state index in [2.05, 4.69) is 53.8 Å². The van der Waals surface area contributed by atoms with Crippen LogP contribution in [-0.2, 0) is 0 Å². The van der Waals surface area contributed by atoms with E-state index in [9.17, 15) is 0 Å². The van der Waals surface area contributed by atoms with Crippen molar-refractivity contribution in [3.63, 3.8) is 0 Å². The van der Waals surface area contributed by atoms with E-state index < -0.39 is 0 Å². The van der Waals surface area contributed by atoms with Crippen LogP contribution in [0.5, 0.6) is 0 Å². The summed E-state index contributed by atoms with van der Waals surface area (Å²) >= 11 is 1.72. The van der Waals surface area contributed by atoms with E-state index in [4.69, 9.17) is 0 Å². The molecule has 0 unspecified atom stereocenters. The van der Waals surface area contributed by atoms with Crippen molar-refractivity contribution in [1.82, 2.24) is 10.2 Å². The van der Waals surface area contributed by atoms with Crippen LogP contribution in [0.4, 0.5) is 5.82 Å². The molecule has 4 heteroatoms. The Morgan fingerprint density at radius 1 is 1.47 bits per heavy atom. The van der Waals surface area contributed by atoms with Crippen LogP contribution in [0.15, 0.2) is 17.5 Å². The second kappa shape index (κ2) is 4.06. The molecule has 15 heavy (non-hydrogen) atoms. The van der Waals surface area contributed by atoms with Crippen LogP contribution < -0.4 is 5.32 Å². The minimum absolute atomic E-state index is 0.406. The van der Waals surface area contributed by atoms with Gasteiger partial charge in [0, 0.05) is 11.6 Å². The summed E-state index contributed by atoms with van der Waals surface area (Å²) in [7, 11) is 0. The van der Waals surface area contributed by atoms with Crippen LogP contribution in [-0.4, -0.2) is 16.2 Å². The van der Waals surface area contributed by atoms with Gasteiger partial charge in [-0.1, -0.05) is 6.07 Å². The molecule has 2 heterocycles. The number of nitrogens with zero attached hydrogens (tertiary/aromatic N) is 1. The fourth-order valence-corrected chi connectivity index (χ4v) is 2.25. The molecule has 3 nitrogen and oxygen atoms in total. The van der Waals surface area contributed by atoms with Crippen LogP contribution in [0.1, 0.15) is 19.4 Å². The summed E-state index contributed by atoms with van der Waals surface area (Å²) in [6.07, 6.45) is 0. The van der Waals surface area contributed by atoms with Crippen molar-refractivity contribution in [3.05, 3.63) is 23.1 Å². The molecule has 80 valence electrons. The van der Waals surface area contributed by atoms with Gasteiger partial charge in [-0.25, -0.2) is 0 Å². The Balaban J connectivity index is 2.32. The largest absolute Gasteiger partial charge is 0.366 e. The molecule has 0 radical (unpaired) electrons. The fourth-order valence-electron chi connectivity index (χ4n) is 1.47. The average molecular weight is 221 g/mol. The zero-order chi connectivity index (χ0) is 10.8. The van der Waals surface area contributed by atoms with E-state index in [-0.39, 0.29) is 0 Å². The highest BCUT2D eigenvalue weighted by Crippen LogP contribution is 2.29. The minimum Gasteiger partial charge on any atom is -0.366 e. The molecule has 0 atom stereocenters. The lowest BCUT2D eigenvalue weighted by Crippen LogP contribution is -2.10. The van der Waals surface area contributed by atoms with E-state index >= 15 is 0 Å². The van der Waals surface area contributed by atoms with Crippen LogP contribution >= 0.6 is 11.3 Å². The molecule has 0 aliphatic heterocycles. The van der Waals surface area contributed by atoms with Gasteiger partial charge in [0.25, 0.3) is 0 Å².